The number of ether oxygens (including phenoxy) is 1. The molecule has 2 N–H and O–H groups in total. The van der Waals surface area contributed by atoms with Crippen molar-refractivity contribution in [3.8, 4) is 5.75 Å². The van der Waals surface area contributed by atoms with Gasteiger partial charge in [-0.05, 0) is 42.8 Å². The molecule has 0 aliphatic carbocycles. The van der Waals surface area contributed by atoms with Crippen molar-refractivity contribution in [2.75, 3.05) is 24.3 Å². The van der Waals surface area contributed by atoms with Crippen LogP contribution in [0.3, 0.4) is 0 Å². The number of aryl methyl sites for hydroxylation is 1. The molecule has 0 unspecified atom stereocenters. The van der Waals surface area contributed by atoms with Crippen molar-refractivity contribution >= 4 is 17.3 Å². The molecule has 0 aliphatic rings. The van der Waals surface area contributed by atoms with Crippen LogP contribution in [0.1, 0.15) is 5.56 Å². The predicted octanol–water partition coefficient (Wildman–Crippen LogP) is 3.19. The fourth-order valence-corrected chi connectivity index (χ4v) is 1.96. The van der Waals surface area contributed by atoms with E-state index in [2.05, 4.69) is 10.6 Å². The first kappa shape index (κ1) is 14.8. The third-order valence-electron chi connectivity index (χ3n) is 2.88. The van der Waals surface area contributed by atoms with Gasteiger partial charge in [0.1, 0.15) is 11.6 Å². The van der Waals surface area contributed by atoms with Gasteiger partial charge >= 0.3 is 0 Å². The summed E-state index contributed by atoms with van der Waals surface area (Å²) in [5, 5.41) is 5.63. The van der Waals surface area contributed by atoms with E-state index in [9.17, 15) is 9.18 Å². The Bertz CT molecular complexity index is 624. The van der Waals surface area contributed by atoms with Crippen LogP contribution in [0.5, 0.6) is 5.75 Å². The van der Waals surface area contributed by atoms with Crippen LogP contribution in [-0.4, -0.2) is 19.6 Å². The second-order valence-electron chi connectivity index (χ2n) is 4.62. The molecule has 21 heavy (non-hydrogen) atoms. The fourth-order valence-electron chi connectivity index (χ4n) is 1.96. The first-order valence-electron chi connectivity index (χ1n) is 6.52. The SMILES string of the molecule is COc1ccccc1NC(=O)CNc1cc(C)cc(F)c1. The average Bonchev–Trinajstić information content (AvgIpc) is 2.45. The van der Waals surface area contributed by atoms with Gasteiger partial charge in [0.25, 0.3) is 0 Å². The van der Waals surface area contributed by atoms with E-state index >= 15 is 0 Å². The summed E-state index contributed by atoms with van der Waals surface area (Å²) >= 11 is 0. The lowest BCUT2D eigenvalue weighted by Crippen LogP contribution is -2.22. The second kappa shape index (κ2) is 6.74. The van der Waals surface area contributed by atoms with Gasteiger partial charge < -0.3 is 15.4 Å². The highest BCUT2D eigenvalue weighted by Gasteiger charge is 2.07. The summed E-state index contributed by atoms with van der Waals surface area (Å²) in [6.07, 6.45) is 0. The number of nitrogens with one attached hydrogen (secondary N) is 2. The Morgan fingerprint density at radius 3 is 2.71 bits per heavy atom. The van der Waals surface area contributed by atoms with Crippen molar-refractivity contribution in [3.63, 3.8) is 0 Å². The van der Waals surface area contributed by atoms with Gasteiger partial charge in [-0.3, -0.25) is 4.79 Å². The maximum atomic E-state index is 13.2. The molecule has 4 nitrogen and oxygen atoms in total. The summed E-state index contributed by atoms with van der Waals surface area (Å²) in [6.45, 7) is 1.84. The van der Waals surface area contributed by atoms with Gasteiger partial charge in [0.05, 0.1) is 19.3 Å². The number of amides is 1. The molecule has 110 valence electrons. The Morgan fingerprint density at radius 2 is 2.00 bits per heavy atom. The number of carbonyl (C=O) groups is 1. The Labute approximate surface area is 122 Å². The Balaban J connectivity index is 1.96. The minimum absolute atomic E-state index is 0.0426. The van der Waals surface area contributed by atoms with Gasteiger partial charge in [-0.15, -0.1) is 0 Å². The van der Waals surface area contributed by atoms with E-state index < -0.39 is 0 Å². The molecule has 0 saturated carbocycles. The molecule has 0 atom stereocenters. The number of benzene rings is 2. The Morgan fingerprint density at radius 1 is 1.24 bits per heavy atom. The van der Waals surface area contributed by atoms with Crippen LogP contribution < -0.4 is 15.4 Å². The lowest BCUT2D eigenvalue weighted by molar-refractivity contribution is -0.114. The van der Waals surface area contributed by atoms with Crippen molar-refractivity contribution in [3.05, 3.63) is 53.8 Å². The zero-order valence-electron chi connectivity index (χ0n) is 11.9. The van der Waals surface area contributed by atoms with Gasteiger partial charge in [-0.1, -0.05) is 12.1 Å². The minimum Gasteiger partial charge on any atom is -0.495 e. The third-order valence-corrected chi connectivity index (χ3v) is 2.88. The van der Waals surface area contributed by atoms with Crippen LogP contribution in [-0.2, 0) is 4.79 Å². The molecule has 0 spiro atoms. The number of hydrogen-bond acceptors (Lipinski definition) is 3. The van der Waals surface area contributed by atoms with E-state index in [-0.39, 0.29) is 18.3 Å². The van der Waals surface area contributed by atoms with Crippen molar-refractivity contribution < 1.29 is 13.9 Å². The number of anilines is 2. The molecule has 0 radical (unpaired) electrons. The minimum atomic E-state index is -0.331. The summed E-state index contributed by atoms with van der Waals surface area (Å²) < 4.78 is 18.4. The largest absolute Gasteiger partial charge is 0.495 e. The van der Waals surface area contributed by atoms with Crippen LogP contribution in [0.15, 0.2) is 42.5 Å². The predicted molar refractivity (Wildman–Crippen MR) is 81.3 cm³/mol. The number of methoxy groups -OCH3 is 1. The lowest BCUT2D eigenvalue weighted by atomic mass is 10.2. The van der Waals surface area contributed by atoms with Gasteiger partial charge in [-0.2, -0.15) is 0 Å². The zero-order chi connectivity index (χ0) is 15.2. The number of rotatable bonds is 5. The molecular weight excluding hydrogens is 271 g/mol. The van der Waals surface area contributed by atoms with E-state index in [0.29, 0.717) is 17.1 Å². The highest BCUT2D eigenvalue weighted by Crippen LogP contribution is 2.22. The summed E-state index contributed by atoms with van der Waals surface area (Å²) in [5.41, 5.74) is 1.97. The molecule has 0 aliphatic heterocycles. The number of para-hydroxylation sites is 2. The summed E-state index contributed by atoms with van der Waals surface area (Å²) in [7, 11) is 1.54. The number of hydrogen-bond donors (Lipinski definition) is 2. The summed E-state index contributed by atoms with van der Waals surface area (Å²) in [4.78, 5) is 11.9. The monoisotopic (exact) mass is 288 g/mol. The second-order valence-corrected chi connectivity index (χ2v) is 4.62. The first-order valence-corrected chi connectivity index (χ1v) is 6.52. The molecule has 0 fully saturated rings. The Kier molecular flexibility index (Phi) is 4.77. The van der Waals surface area contributed by atoms with Crippen LogP contribution in [0.2, 0.25) is 0 Å². The smallest absolute Gasteiger partial charge is 0.243 e. The zero-order valence-corrected chi connectivity index (χ0v) is 11.9. The highest BCUT2D eigenvalue weighted by atomic mass is 19.1. The van der Waals surface area contributed by atoms with E-state index in [1.165, 1.54) is 12.1 Å². The van der Waals surface area contributed by atoms with Gasteiger partial charge in [0.2, 0.25) is 5.91 Å². The molecule has 1 amide bonds. The molecule has 0 heterocycles. The molecule has 0 bridgehead atoms. The van der Waals surface area contributed by atoms with Crippen molar-refractivity contribution in [2.24, 2.45) is 0 Å². The van der Waals surface area contributed by atoms with Gasteiger partial charge in [-0.25, -0.2) is 4.39 Å². The van der Waals surface area contributed by atoms with Crippen molar-refractivity contribution in [1.82, 2.24) is 0 Å². The normalized spacial score (nSPS) is 10.0. The summed E-state index contributed by atoms with van der Waals surface area (Å²) in [5.74, 6) is 0.0245. The van der Waals surface area contributed by atoms with E-state index in [0.717, 1.165) is 5.56 Å². The molecular formula is C16H17FN2O2. The van der Waals surface area contributed by atoms with Gasteiger partial charge in [0.15, 0.2) is 0 Å². The van der Waals surface area contributed by atoms with Crippen LogP contribution >= 0.6 is 0 Å². The van der Waals surface area contributed by atoms with Crippen LogP contribution in [0.4, 0.5) is 15.8 Å². The molecule has 2 aromatic rings. The molecule has 2 aromatic carbocycles. The van der Waals surface area contributed by atoms with E-state index in [1.54, 1.807) is 32.2 Å². The van der Waals surface area contributed by atoms with E-state index in [4.69, 9.17) is 4.74 Å². The number of carbonyl (C=O) groups excluding carboxylic acids is 1. The van der Waals surface area contributed by atoms with Crippen LogP contribution in [0, 0.1) is 12.7 Å². The average molecular weight is 288 g/mol. The topological polar surface area (TPSA) is 50.4 Å². The van der Waals surface area contributed by atoms with Crippen molar-refractivity contribution in [1.29, 1.82) is 0 Å². The van der Waals surface area contributed by atoms with Crippen molar-refractivity contribution in [2.45, 2.75) is 6.92 Å². The Hall–Kier alpha value is -2.56. The standard InChI is InChI=1S/C16H17FN2O2/c1-11-7-12(17)9-13(8-11)18-10-16(20)19-14-5-3-4-6-15(14)21-2/h3-9,18H,10H2,1-2H3,(H,19,20). The maximum Gasteiger partial charge on any atom is 0.243 e. The summed E-state index contributed by atoms with van der Waals surface area (Å²) in [6, 6.07) is 11.7. The first-order chi connectivity index (χ1) is 10.1. The van der Waals surface area contributed by atoms with Gasteiger partial charge in [0, 0.05) is 5.69 Å². The van der Waals surface area contributed by atoms with E-state index in [1.807, 2.05) is 12.1 Å². The molecule has 2 rings (SSSR count). The fraction of sp³-hybridized carbons (Fsp3) is 0.188. The lowest BCUT2D eigenvalue weighted by Gasteiger charge is -2.11. The molecule has 0 saturated heterocycles. The maximum absolute atomic E-state index is 13.2. The van der Waals surface area contributed by atoms with Crippen LogP contribution in [0.25, 0.3) is 0 Å². The highest BCUT2D eigenvalue weighted by molar-refractivity contribution is 5.95. The third kappa shape index (κ3) is 4.21. The molecule has 5 heteroatoms. The quantitative estimate of drug-likeness (QED) is 0.888. The number of halogens is 1. The molecule has 0 aromatic heterocycles.